The van der Waals surface area contributed by atoms with Gasteiger partial charge in [0, 0.05) is 51.9 Å². The quantitative estimate of drug-likeness (QED) is 0.124. The maximum atomic E-state index is 16.1. The van der Waals surface area contributed by atoms with E-state index in [9.17, 15) is 43.2 Å². The minimum absolute atomic E-state index is 0.000240. The van der Waals surface area contributed by atoms with Gasteiger partial charge in [-0.15, -0.1) is 0 Å². The number of likely N-dealkylation sites (N-methyl/N-ethyl adjacent to an activating group) is 4. The normalized spacial score (nSPS) is 25.0. The van der Waals surface area contributed by atoms with Gasteiger partial charge in [0.25, 0.3) is 11.8 Å². The predicted octanol–water partition coefficient (Wildman–Crippen LogP) is 3.95. The standard InChI is InChI=1S/C71H92N12O17/c1-17-81-32-46(85)80(16)57(36(8)9)71(96)98-40(13)51(64(89)75-49(34(4)5)68(93)83-30-22-26-44(83)66(81)91)77-62(87)47-54-59(38(11)60-55(47)72-52(69(94)100-60)41-23-19-18-20-24-41)99-58-37(10)27-28-42(53(58)73-54)61(86)76-50-39(12)97-70(95)56(35(6)7)79(15)45(84)31-78(14)65(90)43-25-21-29-82(43)67(92)48(33(2)3)74-63(50)88/h18-20,23-24,27-28,33-36,39-40,43-44,48-51,56-57,73H,17,21-22,25-26,29-32H2,1-16H3,(H,74,88)(H,75,89)(H,76,86)(H,77,87)/t39-,40-,43+,44+,48-,49-,50+,51+,56+,57+/m1/s1. The third-order valence-corrected chi connectivity index (χ3v) is 19.5. The monoisotopic (exact) mass is 1380 g/mol. The molecule has 5 aliphatic heterocycles. The average molecular weight is 1390 g/mol. The van der Waals surface area contributed by atoms with Gasteiger partial charge in [0.15, 0.2) is 22.8 Å². The van der Waals surface area contributed by atoms with Gasteiger partial charge in [-0.05, 0) is 95.6 Å². The van der Waals surface area contributed by atoms with Crippen LogP contribution in [0.25, 0.3) is 22.4 Å². The van der Waals surface area contributed by atoms with Gasteiger partial charge in [-0.2, -0.15) is 0 Å². The van der Waals surface area contributed by atoms with Crippen molar-refractivity contribution >= 4 is 93.5 Å². The number of carbonyl (C=O) groups is 12. The second-order valence-electron chi connectivity index (χ2n) is 27.9. The third-order valence-electron chi connectivity index (χ3n) is 19.5. The zero-order valence-electron chi connectivity index (χ0n) is 59.6. The second kappa shape index (κ2) is 30.3. The number of benzene rings is 3. The fraction of sp³-hybridized carbons (Fsp3) is 0.549. The van der Waals surface area contributed by atoms with Crippen LogP contribution in [0.2, 0.25) is 0 Å². The first-order valence-corrected chi connectivity index (χ1v) is 34.1. The van der Waals surface area contributed by atoms with Crippen molar-refractivity contribution in [3.05, 3.63) is 75.1 Å². The van der Waals surface area contributed by atoms with E-state index in [1.54, 1.807) is 99.6 Å². The van der Waals surface area contributed by atoms with Crippen LogP contribution < -0.4 is 36.9 Å². The van der Waals surface area contributed by atoms with E-state index in [0.717, 1.165) is 9.80 Å². The van der Waals surface area contributed by atoms with E-state index in [2.05, 4.69) is 26.6 Å². The Balaban J connectivity index is 1.16. The number of ether oxygens (including phenoxy) is 3. The lowest BCUT2D eigenvalue weighted by Crippen LogP contribution is -2.61. The molecular formula is C71H92N12O17. The summed E-state index contributed by atoms with van der Waals surface area (Å²) >= 11 is 0. The zero-order chi connectivity index (χ0) is 73.4. The molecule has 0 unspecified atom stereocenters. The van der Waals surface area contributed by atoms with Crippen LogP contribution in [0, 0.1) is 37.5 Å². The maximum Gasteiger partial charge on any atom is 0.363 e. The highest BCUT2D eigenvalue weighted by Gasteiger charge is 2.47. The molecule has 4 saturated heterocycles. The molecule has 0 radical (unpaired) electrons. The number of hydrogen-bond donors (Lipinski definition) is 5. The lowest BCUT2D eigenvalue weighted by atomic mass is 9.98. The summed E-state index contributed by atoms with van der Waals surface area (Å²) < 4.78 is 25.0. The number of carbonyl (C=O) groups excluding carboxylic acids is 12. The number of nitrogens with one attached hydrogen (secondary N) is 5. The first kappa shape index (κ1) is 74.3. The molecule has 5 aliphatic rings. The highest BCUT2D eigenvalue weighted by molar-refractivity contribution is 6.15. The van der Waals surface area contributed by atoms with E-state index in [0.29, 0.717) is 18.4 Å². The minimum atomic E-state index is -1.89. The molecule has 538 valence electrons. The summed E-state index contributed by atoms with van der Waals surface area (Å²) in [4.78, 5) is 204. The molecule has 10 atom stereocenters. The Hall–Kier alpha value is -9.96. The number of rotatable bonds is 10. The molecule has 5 N–H and O–H groups in total. The molecule has 100 heavy (non-hydrogen) atoms. The van der Waals surface area contributed by atoms with Crippen LogP contribution in [-0.4, -0.2) is 220 Å². The lowest BCUT2D eigenvalue weighted by Gasteiger charge is -2.36. The number of hydrogen-bond acceptors (Lipinski definition) is 19. The Kier molecular flexibility index (Phi) is 22.5. The second-order valence-corrected chi connectivity index (χ2v) is 27.9. The van der Waals surface area contributed by atoms with Gasteiger partial charge in [-0.3, -0.25) is 47.9 Å². The van der Waals surface area contributed by atoms with Crippen LogP contribution in [-0.2, 0) is 57.4 Å². The van der Waals surface area contributed by atoms with E-state index in [1.165, 1.54) is 73.6 Å². The third kappa shape index (κ3) is 14.7. The molecule has 1 aromatic heterocycles. The molecule has 9 rings (SSSR count). The van der Waals surface area contributed by atoms with Gasteiger partial charge in [-0.25, -0.2) is 19.4 Å². The molecule has 6 heterocycles. The fourth-order valence-corrected chi connectivity index (χ4v) is 13.8. The van der Waals surface area contributed by atoms with Gasteiger partial charge < -0.3 is 74.6 Å². The molecule has 29 nitrogen and oxygen atoms in total. The van der Waals surface area contributed by atoms with Crippen LogP contribution in [0.5, 0.6) is 11.5 Å². The SMILES string of the molecule is CCN1CC(=O)N(C)[C@@H](C(C)C)C(=O)O[C@H](C)[C@H](NC(=O)c2c3c(c(C)c4oc(=O)c(-c5ccccc5)nc24)Oc2c(C)ccc(C(=O)N[C@@H]4C(=O)N[C@H](C(C)C)C(=O)N5CCC[C@H]5C(=O)N(C)CC(=O)N(C)[C@@H](C(C)C)C(=O)O[C@@H]4C)c2N3)C(=O)N[C@H](C(C)C)C(=O)N2CCC[C@H]2C1=O. The number of cyclic esters (lactones) is 2. The summed E-state index contributed by atoms with van der Waals surface area (Å²) in [6.45, 7) is 20.6. The molecular weight excluding hydrogens is 1290 g/mol. The summed E-state index contributed by atoms with van der Waals surface area (Å²) in [5.74, 6) is -12.0. The van der Waals surface area contributed by atoms with Crippen molar-refractivity contribution in [3.8, 4) is 22.8 Å². The number of fused-ring (bicyclic) bond motifs is 5. The number of esters is 2. The Morgan fingerprint density at radius 3 is 1.61 bits per heavy atom. The van der Waals surface area contributed by atoms with Crippen molar-refractivity contribution < 1.29 is 76.2 Å². The van der Waals surface area contributed by atoms with Gasteiger partial charge in [0.2, 0.25) is 47.3 Å². The highest BCUT2D eigenvalue weighted by Crippen LogP contribution is 2.51. The average Bonchev–Trinajstić information content (AvgIpc) is 0.860. The van der Waals surface area contributed by atoms with E-state index in [1.807, 2.05) is 0 Å². The van der Waals surface area contributed by atoms with Crippen molar-refractivity contribution in [3.63, 3.8) is 0 Å². The van der Waals surface area contributed by atoms with Crippen LogP contribution in [0.4, 0.5) is 11.4 Å². The predicted molar refractivity (Wildman–Crippen MR) is 364 cm³/mol. The minimum Gasteiger partial charge on any atom is -0.458 e. The van der Waals surface area contributed by atoms with Crippen molar-refractivity contribution in [2.75, 3.05) is 59.2 Å². The summed E-state index contributed by atoms with van der Waals surface area (Å²) in [6, 6.07) is 0.312. The maximum absolute atomic E-state index is 16.1. The zero-order valence-corrected chi connectivity index (χ0v) is 59.6. The van der Waals surface area contributed by atoms with E-state index in [4.69, 9.17) is 23.6 Å². The van der Waals surface area contributed by atoms with E-state index < -0.39 is 180 Å². The first-order valence-electron chi connectivity index (χ1n) is 34.1. The molecule has 4 aromatic rings. The Morgan fingerprint density at radius 2 is 1.11 bits per heavy atom. The molecule has 0 saturated carbocycles. The van der Waals surface area contributed by atoms with Crippen molar-refractivity contribution in [1.29, 1.82) is 0 Å². The Morgan fingerprint density at radius 1 is 0.610 bits per heavy atom. The highest BCUT2D eigenvalue weighted by atomic mass is 16.6. The summed E-state index contributed by atoms with van der Waals surface area (Å²) in [5, 5.41) is 14.3. The van der Waals surface area contributed by atoms with E-state index >= 15 is 19.2 Å². The topological polar surface area (TPSA) is 355 Å². The molecule has 3 aromatic carbocycles. The van der Waals surface area contributed by atoms with E-state index in [-0.39, 0.29) is 88.8 Å². The summed E-state index contributed by atoms with van der Waals surface area (Å²) in [5.41, 5.74) is -1.88. The van der Waals surface area contributed by atoms with Crippen LogP contribution in [0.1, 0.15) is 134 Å². The van der Waals surface area contributed by atoms with Gasteiger partial charge in [0.05, 0.1) is 35.6 Å². The Bertz CT molecular complexity index is 4000. The molecule has 0 bridgehead atoms. The molecule has 4 fully saturated rings. The van der Waals surface area contributed by atoms with Crippen LogP contribution in [0.15, 0.2) is 51.7 Å². The molecule has 10 amide bonds. The first-order chi connectivity index (χ1) is 47.2. The molecule has 0 aliphatic carbocycles. The fourth-order valence-electron chi connectivity index (χ4n) is 13.8. The van der Waals surface area contributed by atoms with Crippen molar-refractivity contribution in [1.82, 2.24) is 55.7 Å². The van der Waals surface area contributed by atoms with Crippen LogP contribution >= 0.6 is 0 Å². The summed E-state index contributed by atoms with van der Waals surface area (Å²) in [7, 11) is 4.21. The number of aryl methyl sites for hydroxylation is 2. The van der Waals surface area contributed by atoms with Gasteiger partial charge in [0.1, 0.15) is 66.1 Å². The summed E-state index contributed by atoms with van der Waals surface area (Å²) in [6.07, 6.45) is -1.68. The molecule has 0 spiro atoms. The number of nitrogens with zero attached hydrogens (tertiary/aromatic N) is 7. The number of anilines is 2. The smallest absolute Gasteiger partial charge is 0.363 e. The molecule has 29 heteroatoms. The van der Waals surface area contributed by atoms with Gasteiger partial charge in [-0.1, -0.05) is 91.8 Å². The number of amides is 10. The largest absolute Gasteiger partial charge is 0.458 e. The van der Waals surface area contributed by atoms with Crippen molar-refractivity contribution in [2.45, 2.75) is 176 Å². The lowest BCUT2D eigenvalue weighted by molar-refractivity contribution is -0.163. The van der Waals surface area contributed by atoms with Crippen LogP contribution in [0.3, 0.4) is 0 Å². The number of aromatic nitrogens is 1. The van der Waals surface area contributed by atoms with Crippen molar-refractivity contribution in [2.24, 2.45) is 23.7 Å². The van der Waals surface area contributed by atoms with Gasteiger partial charge >= 0.3 is 17.6 Å². The Labute approximate surface area is 580 Å².